The van der Waals surface area contributed by atoms with Gasteiger partial charge in [-0.05, 0) is 56.9 Å². The largest absolute Gasteiger partial charge is 0.387 e. The fraction of sp³-hybridized carbons (Fsp3) is 0.440. The molecule has 2 aromatic rings. The number of nitrogens with one attached hydrogen (secondary N) is 1. The molecule has 1 aromatic heterocycles. The predicted molar refractivity (Wildman–Crippen MR) is 136 cm³/mol. The van der Waals surface area contributed by atoms with E-state index in [1.807, 2.05) is 44.4 Å². The van der Waals surface area contributed by atoms with Gasteiger partial charge in [0.2, 0.25) is 5.91 Å². The molecule has 0 saturated heterocycles. The highest BCUT2D eigenvalue weighted by atomic mass is 32.2. The molecule has 1 fully saturated rings. The number of thioether (sulfide) groups is 1. The van der Waals surface area contributed by atoms with E-state index in [1.165, 1.54) is 17.3 Å². The van der Waals surface area contributed by atoms with Crippen LogP contribution in [0.5, 0.6) is 0 Å². The van der Waals surface area contributed by atoms with Crippen molar-refractivity contribution >= 4 is 40.5 Å². The van der Waals surface area contributed by atoms with Crippen LogP contribution in [0.4, 0.5) is 5.69 Å². The minimum Gasteiger partial charge on any atom is -0.387 e. The molecule has 1 aliphatic heterocycles. The zero-order valence-corrected chi connectivity index (χ0v) is 20.9. The summed E-state index contributed by atoms with van der Waals surface area (Å²) in [4.78, 5) is 22.0. The number of allylic oxidation sites excluding steroid dienone is 1. The Morgan fingerprint density at radius 1 is 1.27 bits per heavy atom. The molecule has 1 aromatic carbocycles. The lowest BCUT2D eigenvalue weighted by Crippen LogP contribution is -2.43. The summed E-state index contributed by atoms with van der Waals surface area (Å²) in [5.41, 5.74) is 10.9. The van der Waals surface area contributed by atoms with Crippen LogP contribution in [0.2, 0.25) is 0 Å². The van der Waals surface area contributed by atoms with E-state index >= 15 is 0 Å². The van der Waals surface area contributed by atoms with E-state index in [0.29, 0.717) is 16.4 Å². The first-order chi connectivity index (χ1) is 15.8. The predicted octanol–water partition coefficient (Wildman–Crippen LogP) is 5.58. The summed E-state index contributed by atoms with van der Waals surface area (Å²) < 4.78 is 0. The molecule has 1 spiro atoms. The Morgan fingerprint density at radius 2 is 2.03 bits per heavy atom. The summed E-state index contributed by atoms with van der Waals surface area (Å²) >= 11 is 2.89. The lowest BCUT2D eigenvalue weighted by atomic mass is 9.61. The molecule has 1 unspecified atom stereocenters. The van der Waals surface area contributed by atoms with Gasteiger partial charge in [0.05, 0.1) is 23.3 Å². The summed E-state index contributed by atoms with van der Waals surface area (Å²) in [6, 6.07) is 8.33. The van der Waals surface area contributed by atoms with Crippen LogP contribution < -0.4 is 11.1 Å². The lowest BCUT2D eigenvalue weighted by Gasteiger charge is -2.44. The van der Waals surface area contributed by atoms with Crippen LogP contribution in [0, 0.1) is 37.5 Å². The molecule has 1 aliphatic carbocycles. The average molecular weight is 480 g/mol. The number of benzene rings is 1. The molecule has 4 rings (SSSR count). The third-order valence-corrected chi connectivity index (χ3v) is 8.67. The van der Waals surface area contributed by atoms with Crippen LogP contribution in [-0.2, 0) is 4.79 Å². The van der Waals surface area contributed by atoms with E-state index in [-0.39, 0.29) is 17.6 Å². The zero-order valence-electron chi connectivity index (χ0n) is 19.3. The van der Waals surface area contributed by atoms with E-state index in [0.717, 1.165) is 54.1 Å². The minimum atomic E-state index is -0.393. The van der Waals surface area contributed by atoms with Crippen LogP contribution in [0.1, 0.15) is 59.9 Å². The molecular formula is C25H29N5OS2. The van der Waals surface area contributed by atoms with Crippen molar-refractivity contribution in [3.05, 3.63) is 56.0 Å². The Balaban J connectivity index is 1.59. The van der Waals surface area contributed by atoms with E-state index < -0.39 is 5.41 Å². The maximum atomic E-state index is 12.7. The molecule has 1 atom stereocenters. The highest BCUT2D eigenvalue weighted by molar-refractivity contribution is 8.03. The number of nitrogens with two attached hydrogens (primary N) is 1. The van der Waals surface area contributed by atoms with Gasteiger partial charge in [0.25, 0.3) is 0 Å². The number of aryl methyl sites for hydroxylation is 3. The van der Waals surface area contributed by atoms with Crippen molar-refractivity contribution in [2.24, 2.45) is 16.1 Å². The van der Waals surface area contributed by atoms with Gasteiger partial charge in [-0.3, -0.25) is 4.79 Å². The first-order valence-electron chi connectivity index (χ1n) is 11.2. The number of amides is 1. The average Bonchev–Trinajstić information content (AvgIpc) is 3.21. The van der Waals surface area contributed by atoms with Gasteiger partial charge in [-0.2, -0.15) is 5.26 Å². The van der Waals surface area contributed by atoms with Crippen LogP contribution in [0.15, 0.2) is 39.2 Å². The number of amidine groups is 1. The molecule has 1 amide bonds. The van der Waals surface area contributed by atoms with Crippen LogP contribution in [-0.4, -0.2) is 22.5 Å². The maximum absolute atomic E-state index is 12.7. The molecule has 6 nitrogen and oxygen atoms in total. The van der Waals surface area contributed by atoms with Gasteiger partial charge in [0.1, 0.15) is 15.9 Å². The highest BCUT2D eigenvalue weighted by Gasteiger charge is 2.50. The van der Waals surface area contributed by atoms with Crippen molar-refractivity contribution in [3.8, 4) is 6.07 Å². The van der Waals surface area contributed by atoms with Crippen LogP contribution >= 0.6 is 23.1 Å². The molecule has 8 heteroatoms. The third-order valence-electron chi connectivity index (χ3n) is 6.66. The number of carbonyl (C=O) groups excluding carboxylic acids is 1. The second-order valence-corrected chi connectivity index (χ2v) is 10.8. The molecule has 172 valence electrons. The van der Waals surface area contributed by atoms with Gasteiger partial charge >= 0.3 is 0 Å². The van der Waals surface area contributed by atoms with Crippen molar-refractivity contribution in [3.63, 3.8) is 0 Å². The number of carbonyl (C=O) groups is 1. The summed E-state index contributed by atoms with van der Waals surface area (Å²) in [6.45, 7) is 6.03. The number of hydrogen-bond donors (Lipinski definition) is 2. The van der Waals surface area contributed by atoms with Crippen molar-refractivity contribution in [1.29, 1.82) is 5.26 Å². The molecule has 2 heterocycles. The highest BCUT2D eigenvalue weighted by Crippen LogP contribution is 2.56. The summed E-state index contributed by atoms with van der Waals surface area (Å²) in [5, 5.41) is 16.7. The van der Waals surface area contributed by atoms with Crippen molar-refractivity contribution in [1.82, 2.24) is 4.98 Å². The van der Waals surface area contributed by atoms with Gasteiger partial charge in [0.15, 0.2) is 0 Å². The first kappa shape index (κ1) is 23.5. The smallest absolute Gasteiger partial charge is 0.234 e. The third kappa shape index (κ3) is 4.71. The van der Waals surface area contributed by atoms with Crippen LogP contribution in [0.25, 0.3) is 0 Å². The second-order valence-electron chi connectivity index (χ2n) is 8.94. The molecule has 3 N–H and O–H groups in total. The summed E-state index contributed by atoms with van der Waals surface area (Å²) in [5.74, 6) is 0.362. The summed E-state index contributed by atoms with van der Waals surface area (Å²) in [6.07, 6.45) is 5.01. The van der Waals surface area contributed by atoms with Gasteiger partial charge in [-0.1, -0.05) is 37.1 Å². The quantitative estimate of drug-likeness (QED) is 0.582. The fourth-order valence-electron chi connectivity index (χ4n) is 4.88. The minimum absolute atomic E-state index is 0.128. The van der Waals surface area contributed by atoms with Gasteiger partial charge in [-0.15, -0.1) is 11.3 Å². The lowest BCUT2D eigenvalue weighted by molar-refractivity contribution is -0.113. The van der Waals surface area contributed by atoms with E-state index in [9.17, 15) is 10.1 Å². The number of aliphatic imine (C=N–C) groups is 1. The first-order valence-corrected chi connectivity index (χ1v) is 13.1. The normalized spacial score (nSPS) is 19.8. The van der Waals surface area contributed by atoms with E-state index in [1.54, 1.807) is 11.3 Å². The second kappa shape index (κ2) is 9.70. The Bertz CT molecular complexity index is 1170. The maximum Gasteiger partial charge on any atom is 0.234 e. The molecule has 0 radical (unpaired) electrons. The monoisotopic (exact) mass is 479 g/mol. The van der Waals surface area contributed by atoms with Crippen LogP contribution in [0.3, 0.4) is 0 Å². The Kier molecular flexibility index (Phi) is 6.91. The number of anilines is 1. The number of thiazole rings is 1. The van der Waals surface area contributed by atoms with Gasteiger partial charge < -0.3 is 11.1 Å². The SMILES string of the molecule is Cc1csc(C2C(N)=NC(SCC(=O)Nc3ccc(C)c(C)c3)=C(C#N)C23CCCCC3)n1. The number of rotatable bonds is 5. The zero-order chi connectivity index (χ0) is 23.6. The standard InChI is InChI=1S/C25H29N5OS2/c1-15-7-8-18(11-16(15)2)29-20(31)14-33-23-19(12-26)25(9-5-4-6-10-25)21(22(27)30-23)24-28-17(3)13-32-24/h7-8,11,13,21H,4-6,9-10,14H2,1-3H3,(H2,27,30)(H,29,31). The van der Waals surface area contributed by atoms with Gasteiger partial charge in [-0.25, -0.2) is 9.98 Å². The van der Waals surface area contributed by atoms with E-state index in [4.69, 9.17) is 10.7 Å². The van der Waals surface area contributed by atoms with Crippen molar-refractivity contribution in [2.45, 2.75) is 58.8 Å². The van der Waals surface area contributed by atoms with Crippen molar-refractivity contribution < 1.29 is 4.79 Å². The fourth-order valence-corrected chi connectivity index (χ4v) is 6.81. The Morgan fingerprint density at radius 3 is 2.67 bits per heavy atom. The molecule has 1 saturated carbocycles. The van der Waals surface area contributed by atoms with Crippen molar-refractivity contribution in [2.75, 3.05) is 11.1 Å². The van der Waals surface area contributed by atoms with Gasteiger partial charge in [0, 0.05) is 22.2 Å². The topological polar surface area (TPSA) is 104 Å². The molecule has 33 heavy (non-hydrogen) atoms. The molecular weight excluding hydrogens is 450 g/mol. The Labute approximate surface area is 203 Å². The molecule has 2 aliphatic rings. The van der Waals surface area contributed by atoms with E-state index in [2.05, 4.69) is 16.4 Å². The number of nitrogens with zero attached hydrogens (tertiary/aromatic N) is 3. The summed E-state index contributed by atoms with van der Waals surface area (Å²) in [7, 11) is 0. The number of nitriles is 1. The number of hydrogen-bond acceptors (Lipinski definition) is 7. The molecule has 0 bridgehead atoms. The Hall–Kier alpha value is -2.63. The number of aromatic nitrogens is 1.